The van der Waals surface area contributed by atoms with Crippen LogP contribution >= 0.6 is 11.6 Å². The molecule has 0 bridgehead atoms. The van der Waals surface area contributed by atoms with Gasteiger partial charge in [0.15, 0.2) is 0 Å². The van der Waals surface area contributed by atoms with E-state index in [0.29, 0.717) is 16.5 Å². The topological polar surface area (TPSA) is 65.0 Å². The zero-order chi connectivity index (χ0) is 15.9. The Bertz CT molecular complexity index is 657. The number of carboxylic acid groups (broad SMARTS) is 1. The summed E-state index contributed by atoms with van der Waals surface area (Å²) in [5.41, 5.74) is 0.0681. The van der Waals surface area contributed by atoms with Crippen molar-refractivity contribution >= 4 is 17.6 Å². The highest BCUT2D eigenvalue weighted by Gasteiger charge is 2.12. The van der Waals surface area contributed by atoms with Crippen LogP contribution in [0.15, 0.2) is 42.5 Å². The van der Waals surface area contributed by atoms with E-state index in [1.165, 1.54) is 19.2 Å². The Balaban J connectivity index is 1.96. The fourth-order valence-corrected chi connectivity index (χ4v) is 1.98. The van der Waals surface area contributed by atoms with Gasteiger partial charge >= 0.3 is 5.97 Å². The lowest BCUT2D eigenvalue weighted by atomic mass is 10.2. The summed E-state index contributed by atoms with van der Waals surface area (Å²) in [6.07, 6.45) is 0. The van der Waals surface area contributed by atoms with Crippen molar-refractivity contribution in [3.63, 3.8) is 0 Å². The molecule has 0 fully saturated rings. The Hall–Kier alpha value is -2.40. The second-order valence-corrected chi connectivity index (χ2v) is 4.70. The van der Waals surface area contributed by atoms with Gasteiger partial charge in [-0.2, -0.15) is 0 Å². The van der Waals surface area contributed by atoms with Crippen LogP contribution in [0.3, 0.4) is 0 Å². The van der Waals surface area contributed by atoms with Crippen molar-refractivity contribution in [2.45, 2.75) is 0 Å². The van der Waals surface area contributed by atoms with Crippen LogP contribution in [0.4, 0.5) is 0 Å². The van der Waals surface area contributed by atoms with Gasteiger partial charge in [0.05, 0.1) is 12.1 Å². The lowest BCUT2D eigenvalue weighted by Crippen LogP contribution is -2.11. The molecule has 0 heterocycles. The highest BCUT2D eigenvalue weighted by atomic mass is 35.5. The van der Waals surface area contributed by atoms with Gasteiger partial charge < -0.3 is 19.3 Å². The highest BCUT2D eigenvalue weighted by Crippen LogP contribution is 2.25. The number of hydrogen-bond donors (Lipinski definition) is 1. The molecule has 6 heteroatoms. The van der Waals surface area contributed by atoms with Gasteiger partial charge in [0.25, 0.3) is 0 Å². The maximum atomic E-state index is 11.2. The third kappa shape index (κ3) is 4.05. The first kappa shape index (κ1) is 16.0. The van der Waals surface area contributed by atoms with Crippen LogP contribution in [0.1, 0.15) is 10.4 Å². The summed E-state index contributed by atoms with van der Waals surface area (Å²) >= 11 is 5.97. The first-order valence-electron chi connectivity index (χ1n) is 6.53. The third-order valence-electron chi connectivity index (χ3n) is 2.85. The average molecular weight is 323 g/mol. The van der Waals surface area contributed by atoms with Crippen LogP contribution in [0.5, 0.6) is 17.2 Å². The SMILES string of the molecule is COc1ccc(C(=O)O)c(OCCOc2ccccc2Cl)c1. The molecule has 0 aliphatic heterocycles. The monoisotopic (exact) mass is 322 g/mol. The van der Waals surface area contributed by atoms with Crippen molar-refractivity contribution in [1.29, 1.82) is 0 Å². The maximum Gasteiger partial charge on any atom is 0.339 e. The molecule has 0 amide bonds. The molecule has 0 aliphatic carbocycles. The van der Waals surface area contributed by atoms with Gasteiger partial charge in [0, 0.05) is 6.07 Å². The molecule has 5 nitrogen and oxygen atoms in total. The normalized spacial score (nSPS) is 10.1. The van der Waals surface area contributed by atoms with Crippen molar-refractivity contribution in [2.75, 3.05) is 20.3 Å². The third-order valence-corrected chi connectivity index (χ3v) is 3.17. The van der Waals surface area contributed by atoms with Gasteiger partial charge in [-0.1, -0.05) is 23.7 Å². The van der Waals surface area contributed by atoms with Gasteiger partial charge in [0.1, 0.15) is 36.0 Å². The van der Waals surface area contributed by atoms with Crippen molar-refractivity contribution < 1.29 is 24.1 Å². The number of para-hydroxylation sites is 1. The van der Waals surface area contributed by atoms with Gasteiger partial charge in [0.2, 0.25) is 0 Å². The Labute approximate surface area is 133 Å². The molecule has 0 unspecified atom stereocenters. The van der Waals surface area contributed by atoms with Crippen LogP contribution in [-0.2, 0) is 0 Å². The predicted octanol–water partition coefficient (Wildman–Crippen LogP) is 3.50. The van der Waals surface area contributed by atoms with Crippen LogP contribution in [0.2, 0.25) is 5.02 Å². The molecular formula is C16H15ClO5. The molecule has 0 saturated heterocycles. The van der Waals surface area contributed by atoms with Crippen LogP contribution in [0, 0.1) is 0 Å². The zero-order valence-corrected chi connectivity index (χ0v) is 12.7. The van der Waals surface area contributed by atoms with E-state index in [1.54, 1.807) is 24.3 Å². The summed E-state index contributed by atoms with van der Waals surface area (Å²) in [4.78, 5) is 11.2. The summed E-state index contributed by atoms with van der Waals surface area (Å²) in [6.45, 7) is 0.415. The smallest absolute Gasteiger partial charge is 0.339 e. The van der Waals surface area contributed by atoms with Crippen LogP contribution in [0.25, 0.3) is 0 Å². The number of aromatic carboxylic acids is 1. The Morgan fingerprint density at radius 3 is 2.41 bits per heavy atom. The number of hydrogen-bond acceptors (Lipinski definition) is 4. The molecule has 0 saturated carbocycles. The molecule has 116 valence electrons. The summed E-state index contributed by atoms with van der Waals surface area (Å²) in [5, 5.41) is 9.64. The largest absolute Gasteiger partial charge is 0.497 e. The Morgan fingerprint density at radius 1 is 1.09 bits per heavy atom. The van der Waals surface area contributed by atoms with E-state index in [-0.39, 0.29) is 24.5 Å². The van der Waals surface area contributed by atoms with Crippen molar-refractivity contribution in [2.24, 2.45) is 0 Å². The molecule has 2 aromatic carbocycles. The van der Waals surface area contributed by atoms with Crippen LogP contribution in [-0.4, -0.2) is 31.4 Å². The zero-order valence-electron chi connectivity index (χ0n) is 11.9. The average Bonchev–Trinajstić information content (AvgIpc) is 2.52. The molecule has 2 aromatic rings. The Kier molecular flexibility index (Phi) is 5.49. The van der Waals surface area contributed by atoms with Gasteiger partial charge in [-0.15, -0.1) is 0 Å². The minimum atomic E-state index is -1.07. The van der Waals surface area contributed by atoms with E-state index in [9.17, 15) is 4.79 Å². The molecule has 2 rings (SSSR count). The summed E-state index contributed by atoms with van der Waals surface area (Å²) in [5.74, 6) is 0.239. The molecule has 0 radical (unpaired) electrons. The quantitative estimate of drug-likeness (QED) is 0.790. The van der Waals surface area contributed by atoms with Crippen molar-refractivity contribution in [3.8, 4) is 17.2 Å². The predicted molar refractivity (Wildman–Crippen MR) is 82.4 cm³/mol. The first-order valence-corrected chi connectivity index (χ1v) is 6.91. The van der Waals surface area contributed by atoms with E-state index < -0.39 is 5.97 Å². The lowest BCUT2D eigenvalue weighted by Gasteiger charge is -2.12. The Morgan fingerprint density at radius 2 is 1.77 bits per heavy atom. The number of carboxylic acids is 1. The maximum absolute atomic E-state index is 11.2. The second kappa shape index (κ2) is 7.56. The number of rotatable bonds is 7. The molecule has 1 N–H and O–H groups in total. The number of carbonyl (C=O) groups is 1. The highest BCUT2D eigenvalue weighted by molar-refractivity contribution is 6.32. The minimum absolute atomic E-state index is 0.0681. The molecule has 0 aliphatic rings. The van der Waals surface area contributed by atoms with Crippen LogP contribution < -0.4 is 14.2 Å². The lowest BCUT2D eigenvalue weighted by molar-refractivity contribution is 0.0691. The van der Waals surface area contributed by atoms with Gasteiger partial charge in [-0.25, -0.2) is 4.79 Å². The standard InChI is InChI=1S/C16H15ClO5/c1-20-11-6-7-12(16(18)19)15(10-11)22-9-8-21-14-5-3-2-4-13(14)17/h2-7,10H,8-9H2,1H3,(H,18,19). The van der Waals surface area contributed by atoms with Gasteiger partial charge in [-0.3, -0.25) is 0 Å². The number of halogens is 1. The number of benzene rings is 2. The number of ether oxygens (including phenoxy) is 3. The van der Waals surface area contributed by atoms with E-state index in [0.717, 1.165) is 0 Å². The molecular weight excluding hydrogens is 308 g/mol. The fraction of sp³-hybridized carbons (Fsp3) is 0.188. The molecule has 22 heavy (non-hydrogen) atoms. The molecule has 0 atom stereocenters. The molecule has 0 aromatic heterocycles. The van der Waals surface area contributed by atoms with E-state index in [1.807, 2.05) is 6.07 Å². The number of methoxy groups -OCH3 is 1. The van der Waals surface area contributed by atoms with Crippen molar-refractivity contribution in [3.05, 3.63) is 53.1 Å². The van der Waals surface area contributed by atoms with Gasteiger partial charge in [-0.05, 0) is 24.3 Å². The minimum Gasteiger partial charge on any atom is -0.497 e. The fourth-order valence-electron chi connectivity index (χ4n) is 1.79. The van der Waals surface area contributed by atoms with E-state index in [2.05, 4.69) is 0 Å². The van der Waals surface area contributed by atoms with Crippen molar-refractivity contribution in [1.82, 2.24) is 0 Å². The second-order valence-electron chi connectivity index (χ2n) is 4.29. The summed E-state index contributed by atoms with van der Waals surface area (Å²) in [7, 11) is 1.50. The molecule has 0 spiro atoms. The summed E-state index contributed by atoms with van der Waals surface area (Å²) in [6, 6.07) is 11.6. The van der Waals surface area contributed by atoms with E-state index in [4.69, 9.17) is 30.9 Å². The summed E-state index contributed by atoms with van der Waals surface area (Å²) < 4.78 is 16.0. The first-order chi connectivity index (χ1) is 10.6. The van der Waals surface area contributed by atoms with E-state index >= 15 is 0 Å².